The molecular weight excluding hydrogens is 441 g/mol. The molecule has 1 fully saturated rings. The summed E-state index contributed by atoms with van der Waals surface area (Å²) in [6, 6.07) is 15.4. The van der Waals surface area contributed by atoms with Gasteiger partial charge in [0, 0.05) is 0 Å². The lowest BCUT2D eigenvalue weighted by atomic mass is 9.77. The summed E-state index contributed by atoms with van der Waals surface area (Å²) in [7, 11) is 0. The van der Waals surface area contributed by atoms with E-state index in [1.165, 1.54) is 67.5 Å². The minimum Gasteiger partial charge on any atom is -0.206 e. The number of rotatable bonds is 7. The van der Waals surface area contributed by atoms with Gasteiger partial charge in [0.15, 0.2) is 0 Å². The maximum atomic E-state index is 14.7. The van der Waals surface area contributed by atoms with Gasteiger partial charge in [-0.25, -0.2) is 13.2 Å². The molecule has 1 aliphatic carbocycles. The van der Waals surface area contributed by atoms with Crippen LogP contribution in [0.25, 0.3) is 11.1 Å². The Labute approximate surface area is 199 Å². The molecule has 4 heteroatoms. The van der Waals surface area contributed by atoms with Crippen molar-refractivity contribution in [3.8, 4) is 11.1 Å². The predicted molar refractivity (Wildman–Crippen MR) is 130 cm³/mol. The maximum absolute atomic E-state index is 14.7. The molecule has 0 atom stereocenters. The van der Waals surface area contributed by atoms with Crippen molar-refractivity contribution in [1.82, 2.24) is 0 Å². The molecule has 3 aromatic carbocycles. The minimum absolute atomic E-state index is 0.0685. The summed E-state index contributed by atoms with van der Waals surface area (Å²) < 4.78 is 43.1. The summed E-state index contributed by atoms with van der Waals surface area (Å²) >= 11 is 5.69. The highest BCUT2D eigenvalue weighted by Crippen LogP contribution is 2.35. The van der Waals surface area contributed by atoms with Gasteiger partial charge in [-0.05, 0) is 85.4 Å². The molecule has 33 heavy (non-hydrogen) atoms. The van der Waals surface area contributed by atoms with E-state index in [0.717, 1.165) is 24.8 Å². The second kappa shape index (κ2) is 10.8. The Bertz CT molecular complexity index is 1060. The summed E-state index contributed by atoms with van der Waals surface area (Å²) in [6.07, 6.45) is 8.81. The van der Waals surface area contributed by atoms with Gasteiger partial charge in [-0.2, -0.15) is 0 Å². The standard InChI is InChI=1S/C29H30ClF3/c1-19-2-4-20(5-3-19)6-7-21-8-10-22(11-9-21)12-13-23-16-27(32)29(28(33)17-23)24-14-15-25(30)26(31)18-24/h2-5,14-18,21-22H,6-13H2,1H3/t21-,22-. The number of halogens is 4. The summed E-state index contributed by atoms with van der Waals surface area (Å²) in [5, 5.41) is -0.0685. The van der Waals surface area contributed by atoms with Crippen LogP contribution in [-0.2, 0) is 12.8 Å². The lowest BCUT2D eigenvalue weighted by Crippen LogP contribution is -2.16. The fourth-order valence-electron chi connectivity index (χ4n) is 5.00. The largest absolute Gasteiger partial charge is 0.206 e. The molecule has 0 amide bonds. The Balaban J connectivity index is 1.28. The molecule has 0 aromatic heterocycles. The van der Waals surface area contributed by atoms with Crippen LogP contribution in [0.15, 0.2) is 54.6 Å². The van der Waals surface area contributed by atoms with Crippen molar-refractivity contribution < 1.29 is 13.2 Å². The third kappa shape index (κ3) is 6.20. The van der Waals surface area contributed by atoms with Crippen molar-refractivity contribution in [2.24, 2.45) is 11.8 Å². The highest BCUT2D eigenvalue weighted by atomic mass is 35.5. The molecule has 0 unspecified atom stereocenters. The molecule has 0 saturated heterocycles. The topological polar surface area (TPSA) is 0 Å². The molecule has 0 nitrogen and oxygen atoms in total. The van der Waals surface area contributed by atoms with E-state index in [1.54, 1.807) is 0 Å². The molecule has 0 spiro atoms. The van der Waals surface area contributed by atoms with E-state index in [9.17, 15) is 13.2 Å². The monoisotopic (exact) mass is 470 g/mol. The second-order valence-electron chi connectivity index (χ2n) is 9.51. The van der Waals surface area contributed by atoms with Gasteiger partial charge < -0.3 is 0 Å². The third-order valence-corrected chi connectivity index (χ3v) is 7.39. The molecule has 0 N–H and O–H groups in total. The van der Waals surface area contributed by atoms with Crippen molar-refractivity contribution in [3.63, 3.8) is 0 Å². The first-order valence-corrected chi connectivity index (χ1v) is 12.3. The lowest BCUT2D eigenvalue weighted by Gasteiger charge is -2.28. The summed E-state index contributed by atoms with van der Waals surface area (Å²) in [6.45, 7) is 2.11. The Morgan fingerprint density at radius 2 is 1.24 bits per heavy atom. The van der Waals surface area contributed by atoms with E-state index in [0.29, 0.717) is 17.9 Å². The Morgan fingerprint density at radius 3 is 1.79 bits per heavy atom. The summed E-state index contributed by atoms with van der Waals surface area (Å²) in [5.41, 5.74) is 3.32. The van der Waals surface area contributed by atoms with Gasteiger partial charge in [0.1, 0.15) is 17.5 Å². The predicted octanol–water partition coefficient (Wildman–Crippen LogP) is 9.10. The van der Waals surface area contributed by atoms with Crippen LogP contribution in [0.3, 0.4) is 0 Å². The molecule has 0 aliphatic heterocycles. The van der Waals surface area contributed by atoms with E-state index in [1.807, 2.05) is 0 Å². The van der Waals surface area contributed by atoms with Crippen LogP contribution in [0.4, 0.5) is 13.2 Å². The highest BCUT2D eigenvalue weighted by molar-refractivity contribution is 6.30. The molecule has 174 valence electrons. The van der Waals surface area contributed by atoms with Crippen LogP contribution >= 0.6 is 11.6 Å². The molecule has 0 heterocycles. The van der Waals surface area contributed by atoms with Gasteiger partial charge in [0.2, 0.25) is 0 Å². The van der Waals surface area contributed by atoms with E-state index in [4.69, 9.17) is 11.6 Å². The van der Waals surface area contributed by atoms with Crippen LogP contribution in [0, 0.1) is 36.2 Å². The Hall–Kier alpha value is -2.26. The molecule has 4 rings (SSSR count). The van der Waals surface area contributed by atoms with Gasteiger partial charge in [-0.3, -0.25) is 0 Å². The first-order valence-electron chi connectivity index (χ1n) is 11.9. The third-order valence-electron chi connectivity index (χ3n) is 7.08. The molecular formula is C29H30ClF3. The average Bonchev–Trinajstić information content (AvgIpc) is 2.80. The van der Waals surface area contributed by atoms with E-state index < -0.39 is 17.5 Å². The number of hydrogen-bond acceptors (Lipinski definition) is 0. The molecule has 0 radical (unpaired) electrons. The summed E-state index contributed by atoms with van der Waals surface area (Å²) in [4.78, 5) is 0. The van der Waals surface area contributed by atoms with Gasteiger partial charge in [0.05, 0.1) is 10.6 Å². The zero-order valence-electron chi connectivity index (χ0n) is 19.0. The van der Waals surface area contributed by atoms with Crippen molar-refractivity contribution in [2.75, 3.05) is 0 Å². The zero-order chi connectivity index (χ0) is 23.4. The maximum Gasteiger partial charge on any atom is 0.142 e. The molecule has 1 saturated carbocycles. The first-order chi connectivity index (χ1) is 15.9. The number of benzene rings is 3. The van der Waals surface area contributed by atoms with Gasteiger partial charge >= 0.3 is 0 Å². The molecule has 0 bridgehead atoms. The fraction of sp³-hybridized carbons (Fsp3) is 0.379. The molecule has 3 aromatic rings. The van der Waals surface area contributed by atoms with E-state index in [-0.39, 0.29) is 16.1 Å². The SMILES string of the molecule is Cc1ccc(CC[C@H]2CC[C@H](CCc3cc(F)c(-c4ccc(Cl)c(F)c4)c(F)c3)CC2)cc1. The van der Waals surface area contributed by atoms with Crippen molar-refractivity contribution in [3.05, 3.63) is 93.8 Å². The van der Waals surface area contributed by atoms with Gasteiger partial charge in [-0.15, -0.1) is 0 Å². The zero-order valence-corrected chi connectivity index (χ0v) is 19.8. The average molecular weight is 471 g/mol. The first kappa shape index (κ1) is 23.9. The van der Waals surface area contributed by atoms with Crippen LogP contribution in [0.1, 0.15) is 55.2 Å². The summed E-state index contributed by atoms with van der Waals surface area (Å²) in [5.74, 6) is -0.627. The van der Waals surface area contributed by atoms with Crippen LogP contribution in [0.5, 0.6) is 0 Å². The number of aryl methyl sites for hydroxylation is 3. The fourth-order valence-corrected chi connectivity index (χ4v) is 5.12. The van der Waals surface area contributed by atoms with Crippen LogP contribution < -0.4 is 0 Å². The normalized spacial score (nSPS) is 18.5. The Morgan fingerprint density at radius 1 is 0.697 bits per heavy atom. The van der Waals surface area contributed by atoms with E-state index in [2.05, 4.69) is 31.2 Å². The van der Waals surface area contributed by atoms with Crippen molar-refractivity contribution in [1.29, 1.82) is 0 Å². The van der Waals surface area contributed by atoms with Crippen LogP contribution in [-0.4, -0.2) is 0 Å². The smallest absolute Gasteiger partial charge is 0.142 e. The molecule has 1 aliphatic rings. The van der Waals surface area contributed by atoms with Gasteiger partial charge in [0.25, 0.3) is 0 Å². The second-order valence-corrected chi connectivity index (χ2v) is 9.92. The van der Waals surface area contributed by atoms with Crippen molar-refractivity contribution >= 4 is 11.6 Å². The highest BCUT2D eigenvalue weighted by Gasteiger charge is 2.22. The number of hydrogen-bond donors (Lipinski definition) is 0. The van der Waals surface area contributed by atoms with Crippen LogP contribution in [0.2, 0.25) is 5.02 Å². The lowest BCUT2D eigenvalue weighted by molar-refractivity contribution is 0.253. The van der Waals surface area contributed by atoms with E-state index >= 15 is 0 Å². The van der Waals surface area contributed by atoms with Gasteiger partial charge in [-0.1, -0.05) is 73.2 Å². The minimum atomic E-state index is -0.688. The Kier molecular flexibility index (Phi) is 7.80. The quantitative estimate of drug-likeness (QED) is 0.323. The van der Waals surface area contributed by atoms with Crippen molar-refractivity contribution in [2.45, 2.75) is 58.3 Å².